The number of pyridine rings is 1. The van der Waals surface area contributed by atoms with Gasteiger partial charge in [-0.05, 0) is 19.9 Å². The quantitative estimate of drug-likeness (QED) is 0.880. The maximum absolute atomic E-state index is 12.6. The van der Waals surface area contributed by atoms with Crippen LogP contribution >= 0.6 is 0 Å². The summed E-state index contributed by atoms with van der Waals surface area (Å²) in [5, 5.41) is 0. The van der Waals surface area contributed by atoms with E-state index in [9.17, 15) is 9.59 Å². The van der Waals surface area contributed by atoms with Crippen LogP contribution in [0.25, 0.3) is 0 Å². The molecule has 0 saturated carbocycles. The van der Waals surface area contributed by atoms with E-state index in [1.54, 1.807) is 0 Å². The van der Waals surface area contributed by atoms with E-state index >= 15 is 0 Å². The van der Waals surface area contributed by atoms with Crippen LogP contribution in [0.5, 0.6) is 0 Å². The van der Waals surface area contributed by atoms with Crippen molar-refractivity contribution >= 4 is 5.91 Å². The number of piperazine rings is 1. The monoisotopic (exact) mass is 277 g/mol. The molecule has 1 fully saturated rings. The molecule has 2 heterocycles. The van der Waals surface area contributed by atoms with Gasteiger partial charge in [0.1, 0.15) is 5.56 Å². The number of hydrogen-bond acceptors (Lipinski definition) is 3. The number of aromatic nitrogens is 1. The standard InChI is InChI=1S/C15H23N3O2/c1-10(2)13-9-17(4)5-6-18(13)15(20)12-8-16-11(3)7-14(12)19/h7-8,10,13H,5-6,9H2,1-4H3,(H,16,19). The van der Waals surface area contributed by atoms with Crippen molar-refractivity contribution < 1.29 is 4.79 Å². The predicted molar refractivity (Wildman–Crippen MR) is 79.0 cm³/mol. The highest BCUT2D eigenvalue weighted by atomic mass is 16.2. The second-order valence-corrected chi connectivity index (χ2v) is 5.97. The molecule has 1 atom stereocenters. The second-order valence-electron chi connectivity index (χ2n) is 5.97. The highest BCUT2D eigenvalue weighted by molar-refractivity contribution is 5.94. The lowest BCUT2D eigenvalue weighted by Gasteiger charge is -2.42. The molecule has 0 spiro atoms. The molecule has 0 bridgehead atoms. The van der Waals surface area contributed by atoms with E-state index in [1.807, 2.05) is 11.8 Å². The number of carbonyl (C=O) groups is 1. The normalized spacial score (nSPS) is 20.4. The van der Waals surface area contributed by atoms with E-state index in [4.69, 9.17) is 0 Å². The molecule has 110 valence electrons. The van der Waals surface area contributed by atoms with Crippen LogP contribution in [-0.2, 0) is 0 Å². The van der Waals surface area contributed by atoms with Crippen molar-refractivity contribution in [3.8, 4) is 0 Å². The van der Waals surface area contributed by atoms with Gasteiger partial charge in [0.05, 0.1) is 0 Å². The Labute approximate surface area is 119 Å². The molecule has 5 nitrogen and oxygen atoms in total. The van der Waals surface area contributed by atoms with Gasteiger partial charge in [0.2, 0.25) is 0 Å². The minimum atomic E-state index is -0.201. The van der Waals surface area contributed by atoms with Crippen LogP contribution in [0.4, 0.5) is 0 Å². The number of H-pyrrole nitrogens is 1. The fourth-order valence-corrected chi connectivity index (χ4v) is 2.67. The third-order valence-electron chi connectivity index (χ3n) is 3.94. The SMILES string of the molecule is Cc1cc(=O)c(C(=O)N2CCN(C)CC2C(C)C)c[nH]1. The number of likely N-dealkylation sites (N-methyl/N-ethyl adjacent to an activating group) is 1. The summed E-state index contributed by atoms with van der Waals surface area (Å²) in [5.74, 6) is 0.212. The van der Waals surface area contributed by atoms with Crippen molar-refractivity contribution in [2.24, 2.45) is 5.92 Å². The number of amides is 1. The summed E-state index contributed by atoms with van der Waals surface area (Å²) in [7, 11) is 2.07. The van der Waals surface area contributed by atoms with Gasteiger partial charge in [-0.15, -0.1) is 0 Å². The van der Waals surface area contributed by atoms with E-state index in [0.717, 1.165) is 18.8 Å². The molecule has 1 N–H and O–H groups in total. The van der Waals surface area contributed by atoms with Crippen molar-refractivity contribution in [1.29, 1.82) is 0 Å². The average molecular weight is 277 g/mol. The van der Waals surface area contributed by atoms with Crippen molar-refractivity contribution in [1.82, 2.24) is 14.8 Å². The number of nitrogens with one attached hydrogen (secondary N) is 1. The predicted octanol–water partition coefficient (Wildman–Crippen LogP) is 1.10. The molecule has 0 radical (unpaired) electrons. The van der Waals surface area contributed by atoms with Crippen molar-refractivity contribution in [2.45, 2.75) is 26.8 Å². The highest BCUT2D eigenvalue weighted by Gasteiger charge is 2.32. The van der Waals surface area contributed by atoms with Crippen LogP contribution in [0.1, 0.15) is 29.9 Å². The summed E-state index contributed by atoms with van der Waals surface area (Å²) in [6, 6.07) is 1.63. The van der Waals surface area contributed by atoms with Gasteiger partial charge in [-0.1, -0.05) is 13.8 Å². The van der Waals surface area contributed by atoms with Crippen LogP contribution in [-0.4, -0.2) is 53.4 Å². The van der Waals surface area contributed by atoms with E-state index in [0.29, 0.717) is 12.5 Å². The first-order chi connectivity index (χ1) is 9.40. The van der Waals surface area contributed by atoms with Gasteiger partial charge in [0, 0.05) is 43.6 Å². The first-order valence-electron chi connectivity index (χ1n) is 7.09. The highest BCUT2D eigenvalue weighted by Crippen LogP contribution is 2.18. The lowest BCUT2D eigenvalue weighted by molar-refractivity contribution is 0.0401. The van der Waals surface area contributed by atoms with Crippen LogP contribution in [0.3, 0.4) is 0 Å². The Hall–Kier alpha value is -1.62. The summed E-state index contributed by atoms with van der Waals surface area (Å²) in [6.45, 7) is 8.41. The second kappa shape index (κ2) is 5.79. The molecule has 1 aliphatic heterocycles. The Morgan fingerprint density at radius 2 is 2.10 bits per heavy atom. The van der Waals surface area contributed by atoms with E-state index in [1.165, 1.54) is 12.3 Å². The molecule has 1 saturated heterocycles. The Kier molecular flexibility index (Phi) is 4.28. The molecule has 5 heteroatoms. The maximum atomic E-state index is 12.6. The van der Waals surface area contributed by atoms with Gasteiger partial charge in [-0.3, -0.25) is 9.59 Å². The van der Waals surface area contributed by atoms with Crippen molar-refractivity contribution in [2.75, 3.05) is 26.7 Å². The average Bonchev–Trinajstić information content (AvgIpc) is 2.37. The zero-order valence-corrected chi connectivity index (χ0v) is 12.6. The molecule has 0 aromatic carbocycles. The number of hydrogen-bond donors (Lipinski definition) is 1. The third kappa shape index (κ3) is 2.93. The zero-order valence-electron chi connectivity index (χ0n) is 12.6. The number of rotatable bonds is 2. The molecule has 1 aromatic rings. The summed E-state index contributed by atoms with van der Waals surface area (Å²) >= 11 is 0. The summed E-state index contributed by atoms with van der Waals surface area (Å²) in [5.41, 5.74) is 0.809. The molecule has 1 aromatic heterocycles. The fourth-order valence-electron chi connectivity index (χ4n) is 2.67. The number of aryl methyl sites for hydroxylation is 1. The fraction of sp³-hybridized carbons (Fsp3) is 0.600. The summed E-state index contributed by atoms with van der Waals surface area (Å²) in [6.07, 6.45) is 1.54. The Bertz CT molecular complexity index is 550. The molecular formula is C15H23N3O2. The van der Waals surface area contributed by atoms with E-state index < -0.39 is 0 Å². The van der Waals surface area contributed by atoms with Gasteiger partial charge in [0.25, 0.3) is 5.91 Å². The van der Waals surface area contributed by atoms with Gasteiger partial charge < -0.3 is 14.8 Å². The Morgan fingerprint density at radius 3 is 2.70 bits per heavy atom. The summed E-state index contributed by atoms with van der Waals surface area (Å²) in [4.78, 5) is 31.7. The lowest BCUT2D eigenvalue weighted by Crippen LogP contribution is -2.56. The van der Waals surface area contributed by atoms with Gasteiger partial charge in [-0.2, -0.15) is 0 Å². The van der Waals surface area contributed by atoms with Crippen LogP contribution in [0, 0.1) is 12.8 Å². The van der Waals surface area contributed by atoms with Crippen molar-refractivity contribution in [3.05, 3.63) is 33.7 Å². The molecule has 0 aliphatic carbocycles. The Balaban J connectivity index is 2.29. The molecular weight excluding hydrogens is 254 g/mol. The molecule has 20 heavy (non-hydrogen) atoms. The smallest absolute Gasteiger partial charge is 0.259 e. The number of carbonyl (C=O) groups excluding carboxylic acids is 1. The Morgan fingerprint density at radius 1 is 1.40 bits per heavy atom. The van der Waals surface area contributed by atoms with Crippen LogP contribution in [0.15, 0.2) is 17.1 Å². The minimum absolute atomic E-state index is 0.155. The third-order valence-corrected chi connectivity index (χ3v) is 3.94. The first kappa shape index (κ1) is 14.8. The molecule has 1 aliphatic rings. The molecule has 1 amide bonds. The van der Waals surface area contributed by atoms with Gasteiger partial charge >= 0.3 is 0 Å². The minimum Gasteiger partial charge on any atom is -0.364 e. The van der Waals surface area contributed by atoms with Gasteiger partial charge in [0.15, 0.2) is 5.43 Å². The largest absolute Gasteiger partial charge is 0.364 e. The number of nitrogens with zero attached hydrogens (tertiary/aromatic N) is 2. The van der Waals surface area contributed by atoms with E-state index in [2.05, 4.69) is 30.8 Å². The molecule has 2 rings (SSSR count). The zero-order chi connectivity index (χ0) is 14.9. The van der Waals surface area contributed by atoms with Crippen molar-refractivity contribution in [3.63, 3.8) is 0 Å². The topological polar surface area (TPSA) is 56.4 Å². The summed E-state index contributed by atoms with van der Waals surface area (Å²) < 4.78 is 0. The first-order valence-corrected chi connectivity index (χ1v) is 7.09. The van der Waals surface area contributed by atoms with E-state index in [-0.39, 0.29) is 22.9 Å². The molecule has 1 unspecified atom stereocenters. The van der Waals surface area contributed by atoms with Gasteiger partial charge in [-0.25, -0.2) is 0 Å². The maximum Gasteiger partial charge on any atom is 0.259 e. The lowest BCUT2D eigenvalue weighted by atomic mass is 9.99. The number of aromatic amines is 1. The van der Waals surface area contributed by atoms with Crippen LogP contribution in [0.2, 0.25) is 0 Å². The van der Waals surface area contributed by atoms with Crippen LogP contribution < -0.4 is 5.43 Å².